The van der Waals surface area contributed by atoms with Gasteiger partial charge >= 0.3 is 5.97 Å². The Morgan fingerprint density at radius 1 is 1.04 bits per heavy atom. The molecule has 0 fully saturated rings. The Morgan fingerprint density at radius 3 is 2.25 bits per heavy atom. The molecule has 0 aliphatic carbocycles. The minimum absolute atomic E-state index is 0.223. The Kier molecular flexibility index (Phi) is 5.80. The third kappa shape index (κ3) is 4.04. The third-order valence-electron chi connectivity index (χ3n) is 3.38. The van der Waals surface area contributed by atoms with Gasteiger partial charge in [0, 0.05) is 5.56 Å². The maximum atomic E-state index is 12.1. The van der Waals surface area contributed by atoms with Gasteiger partial charge in [-0.15, -0.1) is 0 Å². The molecule has 8 heteroatoms. The number of nitrogens with one attached hydrogen (secondary N) is 1. The van der Waals surface area contributed by atoms with Crippen LogP contribution in [-0.2, 0) is 9.53 Å². The van der Waals surface area contributed by atoms with Crippen molar-refractivity contribution in [1.29, 1.82) is 0 Å². The van der Waals surface area contributed by atoms with E-state index < -0.39 is 18.5 Å². The highest BCUT2D eigenvalue weighted by Crippen LogP contribution is 2.32. The van der Waals surface area contributed by atoms with Crippen LogP contribution in [0.25, 0.3) is 0 Å². The van der Waals surface area contributed by atoms with Gasteiger partial charge in [0.25, 0.3) is 5.91 Å². The summed E-state index contributed by atoms with van der Waals surface area (Å²) in [5.41, 5.74) is 1.29. The van der Waals surface area contributed by atoms with Crippen LogP contribution in [-0.4, -0.2) is 18.5 Å². The maximum absolute atomic E-state index is 12.1. The fourth-order valence-corrected chi connectivity index (χ4v) is 2.70. The molecule has 0 saturated heterocycles. The summed E-state index contributed by atoms with van der Waals surface area (Å²) < 4.78 is 10.4. The summed E-state index contributed by atoms with van der Waals surface area (Å²) in [7, 11) is 0. The SMILES string of the molecule is Cc1oc(C)c(C(=O)OCC(=O)Nc2cc(Cl)c(Cl)cc2Cl)c1C. The highest BCUT2D eigenvalue weighted by atomic mass is 35.5. The van der Waals surface area contributed by atoms with Gasteiger partial charge in [0.05, 0.1) is 20.8 Å². The molecule has 1 aromatic heterocycles. The molecule has 0 spiro atoms. The van der Waals surface area contributed by atoms with Crippen LogP contribution in [0.3, 0.4) is 0 Å². The van der Waals surface area contributed by atoms with Crippen LogP contribution in [0.1, 0.15) is 27.4 Å². The fourth-order valence-electron chi connectivity index (χ4n) is 2.10. The number of esters is 1. The van der Waals surface area contributed by atoms with Gasteiger partial charge in [0.1, 0.15) is 17.1 Å². The van der Waals surface area contributed by atoms with E-state index in [1.165, 1.54) is 12.1 Å². The molecular weight excluding hydrogens is 377 g/mol. The number of carbonyl (C=O) groups is 2. The number of carbonyl (C=O) groups excluding carboxylic acids is 2. The van der Waals surface area contributed by atoms with Gasteiger partial charge in [0.2, 0.25) is 0 Å². The molecule has 1 aromatic carbocycles. The van der Waals surface area contributed by atoms with Gasteiger partial charge in [-0.25, -0.2) is 4.79 Å². The van der Waals surface area contributed by atoms with E-state index in [1.807, 2.05) is 0 Å². The number of ether oxygens (including phenoxy) is 1. The summed E-state index contributed by atoms with van der Waals surface area (Å²) in [5.74, 6) is -0.106. The molecule has 24 heavy (non-hydrogen) atoms. The molecule has 0 saturated carbocycles. The quantitative estimate of drug-likeness (QED) is 0.592. The van der Waals surface area contributed by atoms with Crippen LogP contribution in [0.15, 0.2) is 16.5 Å². The van der Waals surface area contributed by atoms with E-state index in [0.717, 1.165) is 0 Å². The standard InChI is InChI=1S/C16H14Cl3NO4/c1-7-8(2)24-9(3)15(7)16(22)23-6-14(21)20-13-5-11(18)10(17)4-12(13)19/h4-5H,6H2,1-3H3,(H,20,21). The maximum Gasteiger partial charge on any atom is 0.342 e. The predicted molar refractivity (Wildman–Crippen MR) is 93.3 cm³/mol. The number of hydrogen-bond acceptors (Lipinski definition) is 4. The van der Waals surface area contributed by atoms with Gasteiger partial charge in [-0.2, -0.15) is 0 Å². The Balaban J connectivity index is 2.01. The first kappa shape index (κ1) is 18.6. The average Bonchev–Trinajstić information content (AvgIpc) is 2.75. The molecule has 0 aliphatic heterocycles. The Labute approximate surface area is 153 Å². The zero-order valence-corrected chi connectivity index (χ0v) is 15.4. The van der Waals surface area contributed by atoms with Crippen molar-refractivity contribution in [1.82, 2.24) is 0 Å². The number of amides is 1. The largest absolute Gasteiger partial charge is 0.465 e. The topological polar surface area (TPSA) is 68.5 Å². The Hall–Kier alpha value is -1.69. The van der Waals surface area contributed by atoms with E-state index in [0.29, 0.717) is 22.6 Å². The van der Waals surface area contributed by atoms with E-state index in [4.69, 9.17) is 44.0 Å². The number of halogens is 3. The van der Waals surface area contributed by atoms with Crippen molar-refractivity contribution in [3.63, 3.8) is 0 Å². The molecule has 2 rings (SSSR count). The molecule has 0 aliphatic rings. The number of aryl methyl sites for hydroxylation is 2. The molecule has 128 valence electrons. The van der Waals surface area contributed by atoms with E-state index in [9.17, 15) is 9.59 Å². The third-order valence-corrected chi connectivity index (χ3v) is 4.42. The number of anilines is 1. The molecule has 1 amide bonds. The van der Waals surface area contributed by atoms with Gasteiger partial charge in [-0.05, 0) is 32.9 Å². The van der Waals surface area contributed by atoms with Gasteiger partial charge in [-0.1, -0.05) is 34.8 Å². The van der Waals surface area contributed by atoms with E-state index in [-0.39, 0.29) is 20.8 Å². The summed E-state index contributed by atoms with van der Waals surface area (Å²) in [5, 5.41) is 3.24. The zero-order chi connectivity index (χ0) is 18.0. The van der Waals surface area contributed by atoms with Crippen LogP contribution in [0.5, 0.6) is 0 Å². The lowest BCUT2D eigenvalue weighted by Crippen LogP contribution is -2.21. The first-order valence-electron chi connectivity index (χ1n) is 6.88. The average molecular weight is 391 g/mol. The van der Waals surface area contributed by atoms with E-state index in [1.54, 1.807) is 20.8 Å². The van der Waals surface area contributed by atoms with Crippen LogP contribution in [0.4, 0.5) is 5.69 Å². The van der Waals surface area contributed by atoms with Gasteiger partial charge < -0.3 is 14.5 Å². The van der Waals surface area contributed by atoms with Crippen LogP contribution in [0.2, 0.25) is 15.1 Å². The first-order valence-corrected chi connectivity index (χ1v) is 8.02. The summed E-state index contributed by atoms with van der Waals surface area (Å²) in [6, 6.07) is 2.83. The van der Waals surface area contributed by atoms with Crippen molar-refractivity contribution in [2.24, 2.45) is 0 Å². The van der Waals surface area contributed by atoms with E-state index >= 15 is 0 Å². The van der Waals surface area contributed by atoms with Crippen molar-refractivity contribution in [2.45, 2.75) is 20.8 Å². The van der Waals surface area contributed by atoms with Crippen LogP contribution in [0, 0.1) is 20.8 Å². The summed E-state index contributed by atoms with van der Waals surface area (Å²) in [4.78, 5) is 24.0. The second-order valence-electron chi connectivity index (χ2n) is 5.08. The van der Waals surface area contributed by atoms with Gasteiger partial charge in [-0.3, -0.25) is 4.79 Å². The van der Waals surface area contributed by atoms with Crippen LogP contribution < -0.4 is 5.32 Å². The summed E-state index contributed by atoms with van der Waals surface area (Å²) in [6.07, 6.45) is 0. The lowest BCUT2D eigenvalue weighted by Gasteiger charge is -2.09. The summed E-state index contributed by atoms with van der Waals surface area (Å²) in [6.45, 7) is 4.68. The zero-order valence-electron chi connectivity index (χ0n) is 13.1. The normalized spacial score (nSPS) is 10.6. The number of benzene rings is 1. The van der Waals surface area contributed by atoms with Crippen molar-refractivity contribution in [2.75, 3.05) is 11.9 Å². The number of rotatable bonds is 4. The van der Waals surface area contributed by atoms with Gasteiger partial charge in [0.15, 0.2) is 6.61 Å². The lowest BCUT2D eigenvalue weighted by atomic mass is 10.1. The predicted octanol–water partition coefficient (Wildman–Crippen LogP) is 4.96. The molecule has 0 atom stereocenters. The molecule has 0 unspecified atom stereocenters. The molecule has 2 aromatic rings. The minimum Gasteiger partial charge on any atom is -0.465 e. The summed E-state index contributed by atoms with van der Waals surface area (Å²) >= 11 is 17.7. The minimum atomic E-state index is -0.628. The van der Waals surface area contributed by atoms with Crippen molar-refractivity contribution < 1.29 is 18.7 Å². The Morgan fingerprint density at radius 2 is 1.67 bits per heavy atom. The second kappa shape index (κ2) is 7.47. The number of furan rings is 1. The fraction of sp³-hybridized carbons (Fsp3) is 0.250. The molecule has 1 heterocycles. The smallest absolute Gasteiger partial charge is 0.342 e. The van der Waals surface area contributed by atoms with Crippen molar-refractivity contribution in [3.05, 3.63) is 49.8 Å². The second-order valence-corrected chi connectivity index (χ2v) is 6.31. The molecule has 0 bridgehead atoms. The van der Waals surface area contributed by atoms with Crippen LogP contribution >= 0.6 is 34.8 Å². The monoisotopic (exact) mass is 389 g/mol. The van der Waals surface area contributed by atoms with Crippen molar-refractivity contribution >= 4 is 52.4 Å². The highest BCUT2D eigenvalue weighted by molar-refractivity contribution is 6.44. The molecular formula is C16H14Cl3NO4. The lowest BCUT2D eigenvalue weighted by molar-refractivity contribution is -0.119. The van der Waals surface area contributed by atoms with Crippen molar-refractivity contribution in [3.8, 4) is 0 Å². The highest BCUT2D eigenvalue weighted by Gasteiger charge is 2.21. The molecule has 5 nitrogen and oxygen atoms in total. The van der Waals surface area contributed by atoms with E-state index in [2.05, 4.69) is 5.32 Å². The number of hydrogen-bond donors (Lipinski definition) is 1. The first-order chi connectivity index (χ1) is 11.2. The Bertz CT molecular complexity index is 814. The molecule has 0 radical (unpaired) electrons. The molecule has 1 N–H and O–H groups in total.